The van der Waals surface area contributed by atoms with Gasteiger partial charge in [0, 0.05) is 11.5 Å². The summed E-state index contributed by atoms with van der Waals surface area (Å²) in [6.45, 7) is 0. The van der Waals surface area contributed by atoms with Crippen molar-refractivity contribution in [2.24, 2.45) is 0 Å². The highest BCUT2D eigenvalue weighted by Crippen LogP contribution is 2.21. The van der Waals surface area contributed by atoms with Crippen molar-refractivity contribution < 1.29 is 13.9 Å². The lowest BCUT2D eigenvalue weighted by Gasteiger charge is -2.07. The Labute approximate surface area is 100 Å². The Bertz CT molecular complexity index is 530. The second kappa shape index (κ2) is 4.88. The van der Waals surface area contributed by atoms with Crippen LogP contribution in [-0.4, -0.2) is 22.6 Å². The van der Waals surface area contributed by atoms with Crippen LogP contribution in [0.2, 0.25) is 0 Å². The van der Waals surface area contributed by atoms with Crippen LogP contribution in [0.4, 0.5) is 9.39 Å². The number of carbonyl (C=O) groups is 1. The smallest absolute Gasteiger partial charge is 0.260 e. The third-order valence-electron chi connectivity index (χ3n) is 2.00. The molecule has 5 nitrogen and oxygen atoms in total. The van der Waals surface area contributed by atoms with Crippen LogP contribution in [-0.2, 0) is 0 Å². The molecule has 0 radical (unpaired) electrons. The predicted octanol–water partition coefficient (Wildman–Crippen LogP) is 1.94. The second-order valence-corrected chi connectivity index (χ2v) is 3.87. The van der Waals surface area contributed by atoms with Gasteiger partial charge >= 0.3 is 0 Å². The molecule has 17 heavy (non-hydrogen) atoms. The van der Waals surface area contributed by atoms with Crippen molar-refractivity contribution in [2.75, 3.05) is 12.4 Å². The fourth-order valence-corrected chi connectivity index (χ4v) is 1.67. The van der Waals surface area contributed by atoms with Gasteiger partial charge in [0.15, 0.2) is 0 Å². The molecule has 0 aliphatic heterocycles. The number of methoxy groups -OCH3 is 1. The largest absolute Gasteiger partial charge is 0.496 e. The number of nitrogens with one attached hydrogen (secondary N) is 1. The van der Waals surface area contributed by atoms with Gasteiger partial charge in [0.1, 0.15) is 16.6 Å². The molecular weight excluding hydrogens is 245 g/mol. The van der Waals surface area contributed by atoms with E-state index in [1.807, 2.05) is 0 Å². The number of nitrogens with zero attached hydrogens (tertiary/aromatic N) is 2. The maximum Gasteiger partial charge on any atom is 0.260 e. The minimum Gasteiger partial charge on any atom is -0.496 e. The first-order chi connectivity index (χ1) is 8.20. The van der Waals surface area contributed by atoms with E-state index in [1.165, 1.54) is 25.4 Å². The van der Waals surface area contributed by atoms with Gasteiger partial charge in [0.2, 0.25) is 0 Å². The van der Waals surface area contributed by atoms with E-state index in [0.29, 0.717) is 10.8 Å². The Morgan fingerprint density at radius 2 is 2.35 bits per heavy atom. The molecule has 0 spiro atoms. The molecule has 0 fully saturated rings. The molecule has 1 amide bonds. The van der Waals surface area contributed by atoms with Crippen molar-refractivity contribution in [3.05, 3.63) is 35.8 Å². The van der Waals surface area contributed by atoms with Gasteiger partial charge < -0.3 is 10.1 Å². The monoisotopic (exact) mass is 253 g/mol. The molecule has 0 unspecified atom stereocenters. The van der Waals surface area contributed by atoms with E-state index >= 15 is 0 Å². The minimum atomic E-state index is -0.502. The highest BCUT2D eigenvalue weighted by Gasteiger charge is 2.14. The van der Waals surface area contributed by atoms with Crippen LogP contribution >= 0.6 is 11.5 Å². The van der Waals surface area contributed by atoms with Crippen molar-refractivity contribution in [2.45, 2.75) is 0 Å². The summed E-state index contributed by atoms with van der Waals surface area (Å²) in [4.78, 5) is 11.8. The number of rotatable bonds is 3. The molecule has 1 heterocycles. The summed E-state index contributed by atoms with van der Waals surface area (Å²) in [6, 6.07) is 3.74. The van der Waals surface area contributed by atoms with Gasteiger partial charge in [-0.1, -0.05) is 4.49 Å². The molecule has 0 bridgehead atoms. The second-order valence-electron chi connectivity index (χ2n) is 3.08. The molecule has 7 heteroatoms. The normalized spacial score (nSPS) is 10.0. The van der Waals surface area contributed by atoms with Crippen LogP contribution in [0.5, 0.6) is 5.75 Å². The van der Waals surface area contributed by atoms with Crippen LogP contribution < -0.4 is 10.1 Å². The molecular formula is C10H8FN3O2S. The molecule has 0 atom stereocenters. The number of anilines is 1. The van der Waals surface area contributed by atoms with Crippen molar-refractivity contribution in [1.29, 1.82) is 0 Å². The fourth-order valence-electron chi connectivity index (χ4n) is 1.26. The van der Waals surface area contributed by atoms with Crippen LogP contribution in [0.1, 0.15) is 10.4 Å². The van der Waals surface area contributed by atoms with Gasteiger partial charge in [-0.2, -0.15) is 0 Å². The van der Waals surface area contributed by atoms with Crippen LogP contribution in [0.25, 0.3) is 0 Å². The van der Waals surface area contributed by atoms with E-state index in [4.69, 9.17) is 4.74 Å². The molecule has 0 saturated carbocycles. The maximum atomic E-state index is 13.1. The number of ether oxygens (including phenoxy) is 1. The third kappa shape index (κ3) is 2.56. The number of benzene rings is 1. The number of aromatic nitrogens is 2. The van der Waals surface area contributed by atoms with Crippen molar-refractivity contribution in [3.63, 3.8) is 0 Å². The quantitative estimate of drug-likeness (QED) is 0.907. The lowest BCUT2D eigenvalue weighted by molar-refractivity contribution is 0.102. The van der Waals surface area contributed by atoms with Gasteiger partial charge in [-0.05, 0) is 18.2 Å². The maximum absolute atomic E-state index is 13.1. The van der Waals surface area contributed by atoms with E-state index < -0.39 is 11.7 Å². The number of hydrogen-bond donors (Lipinski definition) is 1. The van der Waals surface area contributed by atoms with E-state index in [9.17, 15) is 9.18 Å². The number of amides is 1. The predicted molar refractivity (Wildman–Crippen MR) is 60.8 cm³/mol. The zero-order chi connectivity index (χ0) is 12.3. The van der Waals surface area contributed by atoms with Crippen molar-refractivity contribution >= 4 is 22.4 Å². The van der Waals surface area contributed by atoms with Gasteiger partial charge in [0.05, 0.1) is 18.9 Å². The molecule has 1 aromatic carbocycles. The summed E-state index contributed by atoms with van der Waals surface area (Å²) in [5.74, 6) is -0.660. The third-order valence-corrected chi connectivity index (χ3v) is 2.58. The minimum absolute atomic E-state index is 0.126. The molecule has 88 valence electrons. The first kappa shape index (κ1) is 11.5. The van der Waals surface area contributed by atoms with E-state index in [-0.39, 0.29) is 5.56 Å². The molecule has 0 saturated heterocycles. The summed E-state index contributed by atoms with van der Waals surface area (Å²) < 4.78 is 21.7. The van der Waals surface area contributed by atoms with Crippen molar-refractivity contribution in [1.82, 2.24) is 9.59 Å². The molecule has 0 aliphatic carbocycles. The average Bonchev–Trinajstić information content (AvgIpc) is 2.81. The summed E-state index contributed by atoms with van der Waals surface area (Å²) in [7, 11) is 1.41. The first-order valence-electron chi connectivity index (χ1n) is 4.63. The summed E-state index contributed by atoms with van der Waals surface area (Å²) in [5, 5.41) is 6.61. The molecule has 2 rings (SSSR count). The SMILES string of the molecule is COc1ccc(F)cc1C(=O)Nc1cnns1. The Hall–Kier alpha value is -2.02. The molecule has 0 aliphatic rings. The van der Waals surface area contributed by atoms with Crippen molar-refractivity contribution in [3.8, 4) is 5.75 Å². The van der Waals surface area contributed by atoms with Gasteiger partial charge in [-0.25, -0.2) is 4.39 Å². The number of halogens is 1. The Morgan fingerprint density at radius 1 is 1.53 bits per heavy atom. The molecule has 1 N–H and O–H groups in total. The van der Waals surface area contributed by atoms with Crippen LogP contribution in [0.3, 0.4) is 0 Å². The zero-order valence-electron chi connectivity index (χ0n) is 8.81. The lowest BCUT2D eigenvalue weighted by atomic mass is 10.2. The van der Waals surface area contributed by atoms with E-state index in [0.717, 1.165) is 17.6 Å². The van der Waals surface area contributed by atoms with Gasteiger partial charge in [0.25, 0.3) is 5.91 Å². The topological polar surface area (TPSA) is 64.1 Å². The lowest BCUT2D eigenvalue weighted by Crippen LogP contribution is -2.12. The van der Waals surface area contributed by atoms with E-state index in [2.05, 4.69) is 14.9 Å². The summed E-state index contributed by atoms with van der Waals surface area (Å²) in [6.07, 6.45) is 1.41. The fraction of sp³-hybridized carbons (Fsp3) is 0.100. The number of hydrogen-bond acceptors (Lipinski definition) is 5. The van der Waals surface area contributed by atoms with E-state index in [1.54, 1.807) is 0 Å². The standard InChI is InChI=1S/C10H8FN3O2S/c1-16-8-3-2-6(11)4-7(8)10(15)13-9-5-12-14-17-9/h2-5H,1H3,(H,13,15). The van der Waals surface area contributed by atoms with Crippen LogP contribution in [0, 0.1) is 5.82 Å². The Morgan fingerprint density at radius 3 is 3.00 bits per heavy atom. The Balaban J connectivity index is 2.26. The summed E-state index contributed by atoms with van der Waals surface area (Å²) >= 11 is 1.04. The molecule has 2 aromatic rings. The highest BCUT2D eigenvalue weighted by atomic mass is 32.1. The average molecular weight is 253 g/mol. The van der Waals surface area contributed by atoms with Gasteiger partial charge in [-0.3, -0.25) is 4.79 Å². The molecule has 1 aromatic heterocycles. The zero-order valence-corrected chi connectivity index (χ0v) is 9.62. The number of carbonyl (C=O) groups excluding carboxylic acids is 1. The highest BCUT2D eigenvalue weighted by molar-refractivity contribution is 7.10. The summed E-state index contributed by atoms with van der Waals surface area (Å²) in [5.41, 5.74) is 0.126. The Kier molecular flexibility index (Phi) is 3.29. The first-order valence-corrected chi connectivity index (χ1v) is 5.40. The van der Waals surface area contributed by atoms with Gasteiger partial charge in [-0.15, -0.1) is 5.10 Å². The van der Waals surface area contributed by atoms with Crippen LogP contribution in [0.15, 0.2) is 24.4 Å².